The molecule has 8 heteroatoms. The molecule has 1 aliphatic heterocycles. The lowest BCUT2D eigenvalue weighted by Gasteiger charge is -2.34. The molecule has 0 atom stereocenters. The van der Waals surface area contributed by atoms with Crippen molar-refractivity contribution in [3.63, 3.8) is 0 Å². The van der Waals surface area contributed by atoms with E-state index in [-0.39, 0.29) is 11.7 Å². The maximum atomic E-state index is 13.0. The summed E-state index contributed by atoms with van der Waals surface area (Å²) in [4.78, 5) is 20.7. The summed E-state index contributed by atoms with van der Waals surface area (Å²) in [5, 5.41) is 0. The fraction of sp³-hybridized carbons (Fsp3) is 0.294. The molecule has 0 unspecified atom stereocenters. The standard InChI is InChI=1S/C17H19FN4O2S/c18-15-4-1-13(2-5-15)12-21-7-9-22(10-8-21)17(23)14-3-6-16(19-11-14)20-25-24/h1-6,11,24H,7-10,12H2,(H,19,20). The van der Waals surface area contributed by atoms with Crippen molar-refractivity contribution in [2.75, 3.05) is 30.9 Å². The minimum atomic E-state index is -0.230. The number of hydrogen-bond donors (Lipinski definition) is 2. The van der Waals surface area contributed by atoms with Crippen LogP contribution < -0.4 is 4.72 Å². The van der Waals surface area contributed by atoms with E-state index < -0.39 is 0 Å². The Bertz CT molecular complexity index is 704. The van der Waals surface area contributed by atoms with Crippen molar-refractivity contribution in [1.29, 1.82) is 0 Å². The zero-order valence-corrected chi connectivity index (χ0v) is 14.4. The number of rotatable bonds is 5. The van der Waals surface area contributed by atoms with Crippen LogP contribution >= 0.6 is 12.2 Å². The molecule has 6 nitrogen and oxygen atoms in total. The van der Waals surface area contributed by atoms with Gasteiger partial charge in [-0.05, 0) is 29.8 Å². The first-order chi connectivity index (χ1) is 12.2. The van der Waals surface area contributed by atoms with Gasteiger partial charge in [-0.3, -0.25) is 14.4 Å². The Balaban J connectivity index is 1.52. The second kappa shape index (κ2) is 8.28. The molecule has 1 aromatic heterocycles. The Labute approximate surface area is 150 Å². The molecule has 3 rings (SSSR count). The zero-order chi connectivity index (χ0) is 17.6. The SMILES string of the molecule is O=C(c1ccc(NSO)nc1)N1CCN(Cc2ccc(F)cc2)CC1. The quantitative estimate of drug-likeness (QED) is 0.630. The zero-order valence-electron chi connectivity index (χ0n) is 13.6. The van der Waals surface area contributed by atoms with Gasteiger partial charge in [0, 0.05) is 38.9 Å². The van der Waals surface area contributed by atoms with E-state index in [0.29, 0.717) is 36.7 Å². The summed E-state index contributed by atoms with van der Waals surface area (Å²) in [6.07, 6.45) is 1.51. The molecular formula is C17H19FN4O2S. The molecule has 2 aromatic rings. The van der Waals surface area contributed by atoms with Gasteiger partial charge in [-0.1, -0.05) is 12.1 Å². The van der Waals surface area contributed by atoms with Gasteiger partial charge in [-0.25, -0.2) is 9.37 Å². The van der Waals surface area contributed by atoms with E-state index in [4.69, 9.17) is 4.55 Å². The molecule has 25 heavy (non-hydrogen) atoms. The Morgan fingerprint density at radius 1 is 1.16 bits per heavy atom. The van der Waals surface area contributed by atoms with Gasteiger partial charge in [0.1, 0.15) is 23.9 Å². The van der Waals surface area contributed by atoms with Crippen molar-refractivity contribution in [2.24, 2.45) is 0 Å². The van der Waals surface area contributed by atoms with Gasteiger partial charge in [0.25, 0.3) is 5.91 Å². The summed E-state index contributed by atoms with van der Waals surface area (Å²) < 4.78 is 24.3. The van der Waals surface area contributed by atoms with Crippen LogP contribution in [0.5, 0.6) is 0 Å². The average molecular weight is 362 g/mol. The van der Waals surface area contributed by atoms with Crippen LogP contribution in [0.25, 0.3) is 0 Å². The van der Waals surface area contributed by atoms with Crippen molar-refractivity contribution in [2.45, 2.75) is 6.54 Å². The first-order valence-corrected chi connectivity index (χ1v) is 8.71. The highest BCUT2D eigenvalue weighted by molar-refractivity contribution is 7.95. The van der Waals surface area contributed by atoms with Gasteiger partial charge in [-0.2, -0.15) is 0 Å². The van der Waals surface area contributed by atoms with Gasteiger partial charge in [0.2, 0.25) is 0 Å². The number of nitrogens with zero attached hydrogens (tertiary/aromatic N) is 3. The average Bonchev–Trinajstić information content (AvgIpc) is 2.65. The third kappa shape index (κ3) is 4.68. The van der Waals surface area contributed by atoms with E-state index in [1.165, 1.54) is 18.3 Å². The van der Waals surface area contributed by atoms with Crippen LogP contribution in [-0.4, -0.2) is 51.4 Å². The van der Waals surface area contributed by atoms with E-state index in [2.05, 4.69) is 14.6 Å². The lowest BCUT2D eigenvalue weighted by atomic mass is 10.2. The molecule has 2 heterocycles. The Morgan fingerprint density at radius 2 is 1.88 bits per heavy atom. The van der Waals surface area contributed by atoms with Gasteiger partial charge in [0.05, 0.1) is 5.56 Å². The molecule has 0 saturated carbocycles. The van der Waals surface area contributed by atoms with Crippen molar-refractivity contribution >= 4 is 24.0 Å². The van der Waals surface area contributed by atoms with Crippen LogP contribution in [0, 0.1) is 5.82 Å². The van der Waals surface area contributed by atoms with Gasteiger partial charge in [-0.15, -0.1) is 0 Å². The fourth-order valence-corrected chi connectivity index (χ4v) is 2.98. The number of amides is 1. The summed E-state index contributed by atoms with van der Waals surface area (Å²) >= 11 is 0.465. The van der Waals surface area contributed by atoms with Gasteiger partial charge >= 0.3 is 0 Å². The lowest BCUT2D eigenvalue weighted by Crippen LogP contribution is -2.48. The fourth-order valence-electron chi connectivity index (χ4n) is 2.77. The third-order valence-electron chi connectivity index (χ3n) is 4.14. The number of hydrogen-bond acceptors (Lipinski definition) is 6. The molecule has 0 bridgehead atoms. The minimum Gasteiger partial charge on any atom is -0.336 e. The molecule has 132 valence electrons. The maximum absolute atomic E-state index is 13.0. The van der Waals surface area contributed by atoms with Crippen molar-refractivity contribution in [1.82, 2.24) is 14.8 Å². The summed E-state index contributed by atoms with van der Waals surface area (Å²) in [5.41, 5.74) is 1.59. The van der Waals surface area contributed by atoms with E-state index in [0.717, 1.165) is 25.2 Å². The van der Waals surface area contributed by atoms with Crippen molar-refractivity contribution in [3.8, 4) is 0 Å². The highest BCUT2D eigenvalue weighted by atomic mass is 32.2. The van der Waals surface area contributed by atoms with Crippen LogP contribution in [-0.2, 0) is 6.54 Å². The molecule has 0 spiro atoms. The first kappa shape index (κ1) is 17.7. The molecule has 1 fully saturated rings. The molecule has 1 aromatic carbocycles. The molecule has 1 saturated heterocycles. The monoisotopic (exact) mass is 362 g/mol. The summed E-state index contributed by atoms with van der Waals surface area (Å²) in [6.45, 7) is 3.59. The number of carbonyl (C=O) groups excluding carboxylic acids is 1. The summed E-state index contributed by atoms with van der Waals surface area (Å²) in [5.74, 6) is 0.219. The van der Waals surface area contributed by atoms with E-state index >= 15 is 0 Å². The second-order valence-corrected chi connectivity index (χ2v) is 6.21. The number of nitrogens with one attached hydrogen (secondary N) is 1. The topological polar surface area (TPSA) is 68.7 Å². The number of carbonyl (C=O) groups is 1. The highest BCUT2D eigenvalue weighted by Gasteiger charge is 2.22. The molecule has 0 aliphatic carbocycles. The Morgan fingerprint density at radius 3 is 2.48 bits per heavy atom. The predicted octanol–water partition coefficient (Wildman–Crippen LogP) is 2.71. The van der Waals surface area contributed by atoms with Crippen LogP contribution in [0.1, 0.15) is 15.9 Å². The van der Waals surface area contributed by atoms with E-state index in [9.17, 15) is 9.18 Å². The highest BCUT2D eigenvalue weighted by Crippen LogP contribution is 2.14. The predicted molar refractivity (Wildman–Crippen MR) is 95.7 cm³/mol. The number of pyridine rings is 1. The van der Waals surface area contributed by atoms with Crippen LogP contribution in [0.4, 0.5) is 10.2 Å². The Hall–Kier alpha value is -2.16. The number of halogens is 1. The molecule has 0 radical (unpaired) electrons. The largest absolute Gasteiger partial charge is 0.336 e. The first-order valence-electron chi connectivity index (χ1n) is 7.94. The summed E-state index contributed by atoms with van der Waals surface area (Å²) in [6, 6.07) is 9.86. The van der Waals surface area contributed by atoms with Gasteiger partial charge in [0.15, 0.2) is 0 Å². The molecule has 1 amide bonds. The van der Waals surface area contributed by atoms with Crippen LogP contribution in [0.2, 0.25) is 0 Å². The maximum Gasteiger partial charge on any atom is 0.255 e. The van der Waals surface area contributed by atoms with Crippen molar-refractivity contribution in [3.05, 3.63) is 59.5 Å². The van der Waals surface area contributed by atoms with E-state index in [1.54, 1.807) is 24.3 Å². The van der Waals surface area contributed by atoms with Crippen molar-refractivity contribution < 1.29 is 13.7 Å². The minimum absolute atomic E-state index is 0.0443. The smallest absolute Gasteiger partial charge is 0.255 e. The van der Waals surface area contributed by atoms with Crippen LogP contribution in [0.15, 0.2) is 42.6 Å². The van der Waals surface area contributed by atoms with Gasteiger partial charge < -0.3 is 9.45 Å². The number of piperazine rings is 1. The van der Waals surface area contributed by atoms with E-state index in [1.807, 2.05) is 4.90 Å². The van der Waals surface area contributed by atoms with Crippen LogP contribution in [0.3, 0.4) is 0 Å². The summed E-state index contributed by atoms with van der Waals surface area (Å²) in [7, 11) is 0. The normalized spacial score (nSPS) is 15.2. The lowest BCUT2D eigenvalue weighted by molar-refractivity contribution is 0.0628. The molecule has 1 aliphatic rings. The Kier molecular flexibility index (Phi) is 5.85. The second-order valence-electron chi connectivity index (χ2n) is 5.82. The third-order valence-corrected chi connectivity index (χ3v) is 4.44. The molecular weight excluding hydrogens is 343 g/mol. The molecule has 2 N–H and O–H groups in total. The number of benzene rings is 1. The number of anilines is 1. The number of aromatic nitrogens is 1.